The van der Waals surface area contributed by atoms with Crippen LogP contribution < -0.4 is 0 Å². The van der Waals surface area contributed by atoms with Gasteiger partial charge in [-0.1, -0.05) is 12.1 Å². The van der Waals surface area contributed by atoms with Crippen LogP contribution in [0.25, 0.3) is 0 Å². The number of ether oxygens (including phenoxy) is 1. The van der Waals surface area contributed by atoms with Crippen LogP contribution in [0.3, 0.4) is 0 Å². The third-order valence-electron chi connectivity index (χ3n) is 2.03. The van der Waals surface area contributed by atoms with Gasteiger partial charge < -0.3 is 9.84 Å². The predicted octanol–water partition coefficient (Wildman–Crippen LogP) is 1.10. The molecule has 0 amide bonds. The minimum Gasteiger partial charge on any atom is -0.507 e. The zero-order valence-corrected chi connectivity index (χ0v) is 9.30. The van der Waals surface area contributed by atoms with Crippen LogP contribution in [0.4, 0.5) is 0 Å². The molecule has 0 aliphatic heterocycles. The number of para-hydroxylation sites is 1. The Morgan fingerprint density at radius 3 is 2.47 bits per heavy atom. The predicted molar refractivity (Wildman–Crippen MR) is 58.7 cm³/mol. The van der Waals surface area contributed by atoms with Gasteiger partial charge in [0, 0.05) is 0 Å². The van der Waals surface area contributed by atoms with E-state index >= 15 is 0 Å². The number of esters is 1. The molecule has 1 N–H and O–H groups in total. The van der Waals surface area contributed by atoms with Crippen LogP contribution >= 0.6 is 0 Å². The Hall–Kier alpha value is -2.17. The molecule has 1 rings (SSSR count). The number of carbonyl (C=O) groups is 3. The Kier molecular flexibility index (Phi) is 4.39. The maximum atomic E-state index is 11.6. The smallest absolute Gasteiger partial charge is 0.375 e. The quantitative estimate of drug-likeness (QED) is 0.358. The number of aromatic hydroxyl groups is 1. The molecule has 5 nitrogen and oxygen atoms in total. The minimum absolute atomic E-state index is 0.0187. The molecule has 90 valence electrons. The highest BCUT2D eigenvalue weighted by Crippen LogP contribution is 2.17. The minimum atomic E-state index is -1.03. The summed E-state index contributed by atoms with van der Waals surface area (Å²) in [6.45, 7) is 1.64. The topological polar surface area (TPSA) is 80.7 Å². The molecule has 0 aromatic heterocycles. The van der Waals surface area contributed by atoms with Gasteiger partial charge in [-0.3, -0.25) is 9.59 Å². The lowest BCUT2D eigenvalue weighted by atomic mass is 10.1. The van der Waals surface area contributed by atoms with E-state index in [0.29, 0.717) is 0 Å². The van der Waals surface area contributed by atoms with E-state index in [0.717, 1.165) is 0 Å². The first-order chi connectivity index (χ1) is 8.06. The molecule has 0 bridgehead atoms. The van der Waals surface area contributed by atoms with E-state index in [2.05, 4.69) is 4.74 Å². The average molecular weight is 236 g/mol. The number of Topliss-reactive ketones (excluding diaryl/α,β-unsaturated/α-hetero) is 2. The van der Waals surface area contributed by atoms with Crippen molar-refractivity contribution in [1.82, 2.24) is 0 Å². The molecule has 0 aliphatic carbocycles. The van der Waals surface area contributed by atoms with Gasteiger partial charge in [-0.2, -0.15) is 0 Å². The Balaban J connectivity index is 2.71. The van der Waals surface area contributed by atoms with E-state index < -0.39 is 24.0 Å². The van der Waals surface area contributed by atoms with Crippen LogP contribution in [-0.2, 0) is 14.3 Å². The highest BCUT2D eigenvalue weighted by molar-refractivity contribution is 6.38. The number of hydrogen-bond donors (Lipinski definition) is 1. The van der Waals surface area contributed by atoms with Crippen molar-refractivity contribution in [2.45, 2.75) is 13.3 Å². The molecule has 1 aromatic carbocycles. The van der Waals surface area contributed by atoms with Crippen LogP contribution in [0, 0.1) is 0 Å². The maximum Gasteiger partial charge on any atom is 0.375 e. The second-order valence-corrected chi connectivity index (χ2v) is 3.26. The highest BCUT2D eigenvalue weighted by atomic mass is 16.5. The lowest BCUT2D eigenvalue weighted by molar-refractivity contribution is -0.153. The fourth-order valence-corrected chi connectivity index (χ4v) is 1.23. The molecule has 0 heterocycles. The molecule has 0 saturated carbocycles. The number of rotatable bonds is 5. The van der Waals surface area contributed by atoms with E-state index in [-0.39, 0.29) is 17.9 Å². The lowest BCUT2D eigenvalue weighted by Gasteiger charge is -2.02. The molecule has 1 aromatic rings. The van der Waals surface area contributed by atoms with Crippen molar-refractivity contribution in [1.29, 1.82) is 0 Å². The van der Waals surface area contributed by atoms with Gasteiger partial charge in [0.2, 0.25) is 5.78 Å². The van der Waals surface area contributed by atoms with Crippen molar-refractivity contribution >= 4 is 17.5 Å². The zero-order chi connectivity index (χ0) is 12.8. The molecule has 0 radical (unpaired) electrons. The summed E-state index contributed by atoms with van der Waals surface area (Å²) in [6.07, 6.45) is -0.601. The summed E-state index contributed by atoms with van der Waals surface area (Å²) in [5.41, 5.74) is 0.0187. The number of phenols is 1. The molecular formula is C12H12O5. The van der Waals surface area contributed by atoms with Crippen LogP contribution in [-0.4, -0.2) is 29.2 Å². The van der Waals surface area contributed by atoms with Crippen LogP contribution in [0.5, 0.6) is 5.75 Å². The summed E-state index contributed by atoms with van der Waals surface area (Å²) in [5.74, 6) is -2.77. The first-order valence-electron chi connectivity index (χ1n) is 5.07. The van der Waals surface area contributed by atoms with E-state index in [9.17, 15) is 19.5 Å². The maximum absolute atomic E-state index is 11.6. The third-order valence-corrected chi connectivity index (χ3v) is 2.03. The van der Waals surface area contributed by atoms with Crippen molar-refractivity contribution < 1.29 is 24.2 Å². The second kappa shape index (κ2) is 5.79. The molecule has 0 unspecified atom stereocenters. The molecule has 0 aliphatic rings. The molecule has 5 heteroatoms. The van der Waals surface area contributed by atoms with Crippen molar-refractivity contribution in [3.63, 3.8) is 0 Å². The summed E-state index contributed by atoms with van der Waals surface area (Å²) < 4.78 is 4.47. The Morgan fingerprint density at radius 2 is 1.88 bits per heavy atom. The fraction of sp³-hybridized carbons (Fsp3) is 0.250. The molecule has 0 fully saturated rings. The van der Waals surface area contributed by atoms with Crippen molar-refractivity contribution in [2.24, 2.45) is 0 Å². The van der Waals surface area contributed by atoms with Gasteiger partial charge in [0.15, 0.2) is 5.78 Å². The molecule has 0 spiro atoms. The van der Waals surface area contributed by atoms with Gasteiger partial charge >= 0.3 is 5.97 Å². The summed E-state index contributed by atoms with van der Waals surface area (Å²) >= 11 is 0. The van der Waals surface area contributed by atoms with E-state index in [1.807, 2.05) is 0 Å². The summed E-state index contributed by atoms with van der Waals surface area (Å²) in [7, 11) is 0. The Morgan fingerprint density at radius 1 is 1.24 bits per heavy atom. The van der Waals surface area contributed by atoms with Gasteiger partial charge in [-0.15, -0.1) is 0 Å². The normalized spacial score (nSPS) is 9.71. The van der Waals surface area contributed by atoms with E-state index in [1.165, 1.54) is 12.1 Å². The fourth-order valence-electron chi connectivity index (χ4n) is 1.23. The summed E-state index contributed by atoms with van der Waals surface area (Å²) in [6, 6.07) is 5.83. The standard InChI is InChI=1S/C12H12O5/c1-2-17-12(16)11(15)7-10(14)8-5-3-4-6-9(8)13/h3-6,13H,2,7H2,1H3. The Labute approximate surface area is 98.0 Å². The lowest BCUT2D eigenvalue weighted by Crippen LogP contribution is -2.20. The number of benzene rings is 1. The first kappa shape index (κ1) is 12.9. The van der Waals surface area contributed by atoms with Gasteiger partial charge in [-0.25, -0.2) is 4.79 Å². The molecule has 17 heavy (non-hydrogen) atoms. The number of carbonyl (C=O) groups excluding carboxylic acids is 3. The van der Waals surface area contributed by atoms with Gasteiger partial charge in [-0.05, 0) is 19.1 Å². The van der Waals surface area contributed by atoms with Crippen molar-refractivity contribution in [3.8, 4) is 5.75 Å². The van der Waals surface area contributed by atoms with Crippen LogP contribution in [0.15, 0.2) is 24.3 Å². The van der Waals surface area contributed by atoms with Crippen LogP contribution in [0.2, 0.25) is 0 Å². The second-order valence-electron chi connectivity index (χ2n) is 3.26. The third kappa shape index (κ3) is 3.41. The number of hydrogen-bond acceptors (Lipinski definition) is 5. The number of phenolic OH excluding ortho intramolecular Hbond substituents is 1. The molecule has 0 saturated heterocycles. The largest absolute Gasteiger partial charge is 0.507 e. The van der Waals surface area contributed by atoms with Crippen molar-refractivity contribution in [3.05, 3.63) is 29.8 Å². The first-order valence-corrected chi connectivity index (χ1v) is 5.07. The van der Waals surface area contributed by atoms with E-state index in [4.69, 9.17) is 0 Å². The van der Waals surface area contributed by atoms with Gasteiger partial charge in [0.25, 0.3) is 0 Å². The average Bonchev–Trinajstić information content (AvgIpc) is 2.29. The van der Waals surface area contributed by atoms with Gasteiger partial charge in [0.05, 0.1) is 18.6 Å². The SMILES string of the molecule is CCOC(=O)C(=O)CC(=O)c1ccccc1O. The number of ketones is 2. The van der Waals surface area contributed by atoms with Crippen molar-refractivity contribution in [2.75, 3.05) is 6.61 Å². The summed E-state index contributed by atoms with van der Waals surface area (Å²) in [5, 5.41) is 9.39. The highest BCUT2D eigenvalue weighted by Gasteiger charge is 2.21. The molecule has 0 atom stereocenters. The monoisotopic (exact) mass is 236 g/mol. The molecular weight excluding hydrogens is 224 g/mol. The Bertz CT molecular complexity index is 450. The van der Waals surface area contributed by atoms with Crippen LogP contribution in [0.1, 0.15) is 23.7 Å². The van der Waals surface area contributed by atoms with E-state index in [1.54, 1.807) is 19.1 Å². The van der Waals surface area contributed by atoms with Gasteiger partial charge in [0.1, 0.15) is 5.75 Å². The summed E-state index contributed by atoms with van der Waals surface area (Å²) in [4.78, 5) is 33.9. The zero-order valence-electron chi connectivity index (χ0n) is 9.30.